The van der Waals surface area contributed by atoms with E-state index in [9.17, 15) is 4.79 Å². The highest BCUT2D eigenvalue weighted by Crippen LogP contribution is 2.31. The van der Waals surface area contributed by atoms with Crippen molar-refractivity contribution in [3.8, 4) is 11.5 Å². The van der Waals surface area contributed by atoms with Crippen LogP contribution in [-0.2, 0) is 0 Å². The van der Waals surface area contributed by atoms with Crippen LogP contribution in [-0.4, -0.2) is 5.78 Å². The predicted molar refractivity (Wildman–Crippen MR) is 77.4 cm³/mol. The number of ketones is 1. The quantitative estimate of drug-likeness (QED) is 0.740. The summed E-state index contributed by atoms with van der Waals surface area (Å²) in [6, 6.07) is 11.0. The lowest BCUT2D eigenvalue weighted by atomic mass is 10.1. The topological polar surface area (TPSA) is 26.3 Å². The number of carbonyl (C=O) groups is 1. The van der Waals surface area contributed by atoms with Crippen LogP contribution >= 0.6 is 11.6 Å². The number of hydrogen-bond donors (Lipinski definition) is 0. The zero-order valence-electron chi connectivity index (χ0n) is 11.2. The van der Waals surface area contributed by atoms with Crippen LogP contribution < -0.4 is 4.74 Å². The van der Waals surface area contributed by atoms with Crippen LogP contribution in [0.4, 0.5) is 0 Å². The Kier molecular flexibility index (Phi) is 3.91. The molecule has 2 aromatic rings. The monoisotopic (exact) mass is 274 g/mol. The third-order valence-corrected chi connectivity index (χ3v) is 3.06. The molecule has 0 spiro atoms. The van der Waals surface area contributed by atoms with Crippen molar-refractivity contribution >= 4 is 17.4 Å². The minimum absolute atomic E-state index is 0.0140. The van der Waals surface area contributed by atoms with E-state index in [1.54, 1.807) is 18.2 Å². The average Bonchev–Trinajstić information content (AvgIpc) is 2.30. The molecule has 0 bridgehead atoms. The Morgan fingerprint density at radius 1 is 1.05 bits per heavy atom. The predicted octanol–water partition coefficient (Wildman–Crippen LogP) is 4.95. The third-order valence-electron chi connectivity index (χ3n) is 2.76. The summed E-state index contributed by atoms with van der Waals surface area (Å²) in [6.07, 6.45) is 0. The van der Waals surface area contributed by atoms with Gasteiger partial charge in [0.15, 0.2) is 5.78 Å². The first-order valence-corrected chi connectivity index (χ1v) is 6.40. The van der Waals surface area contributed by atoms with Crippen LogP contribution in [0, 0.1) is 13.8 Å². The minimum atomic E-state index is -0.0140. The van der Waals surface area contributed by atoms with Crippen molar-refractivity contribution < 1.29 is 9.53 Å². The molecule has 0 atom stereocenters. The highest BCUT2D eigenvalue weighted by atomic mass is 35.5. The van der Waals surface area contributed by atoms with Gasteiger partial charge in [0, 0.05) is 5.56 Å². The highest BCUT2D eigenvalue weighted by Gasteiger charge is 2.07. The maximum atomic E-state index is 11.3. The summed E-state index contributed by atoms with van der Waals surface area (Å²) in [5.41, 5.74) is 2.84. The van der Waals surface area contributed by atoms with Crippen LogP contribution in [0.2, 0.25) is 5.02 Å². The van der Waals surface area contributed by atoms with Crippen molar-refractivity contribution in [1.29, 1.82) is 0 Å². The Labute approximate surface area is 118 Å². The van der Waals surface area contributed by atoms with Gasteiger partial charge in [-0.15, -0.1) is 0 Å². The van der Waals surface area contributed by atoms with E-state index in [2.05, 4.69) is 6.07 Å². The second-order valence-electron chi connectivity index (χ2n) is 4.63. The molecule has 0 aromatic heterocycles. The molecule has 0 amide bonds. The molecule has 0 aliphatic rings. The lowest BCUT2D eigenvalue weighted by Gasteiger charge is -2.10. The largest absolute Gasteiger partial charge is 0.456 e. The molecule has 2 rings (SSSR count). The van der Waals surface area contributed by atoms with Gasteiger partial charge in [0.05, 0.1) is 5.02 Å². The van der Waals surface area contributed by atoms with Crippen molar-refractivity contribution in [2.45, 2.75) is 20.8 Å². The lowest BCUT2D eigenvalue weighted by Crippen LogP contribution is -1.93. The highest BCUT2D eigenvalue weighted by molar-refractivity contribution is 6.32. The lowest BCUT2D eigenvalue weighted by molar-refractivity contribution is 0.101. The second-order valence-corrected chi connectivity index (χ2v) is 5.03. The third kappa shape index (κ3) is 3.36. The van der Waals surface area contributed by atoms with Gasteiger partial charge in [0.2, 0.25) is 0 Å². The van der Waals surface area contributed by atoms with E-state index in [-0.39, 0.29) is 5.78 Å². The molecule has 98 valence electrons. The van der Waals surface area contributed by atoms with Crippen LogP contribution in [0.25, 0.3) is 0 Å². The molecule has 0 unspecified atom stereocenters. The van der Waals surface area contributed by atoms with Crippen LogP contribution in [0.3, 0.4) is 0 Å². The van der Waals surface area contributed by atoms with Gasteiger partial charge in [0.25, 0.3) is 0 Å². The second kappa shape index (κ2) is 5.45. The van der Waals surface area contributed by atoms with E-state index in [1.165, 1.54) is 6.92 Å². The molecule has 0 saturated heterocycles. The fourth-order valence-corrected chi connectivity index (χ4v) is 2.14. The molecule has 19 heavy (non-hydrogen) atoms. The first-order chi connectivity index (χ1) is 8.95. The van der Waals surface area contributed by atoms with E-state index in [0.717, 1.165) is 16.9 Å². The molecule has 0 N–H and O–H groups in total. The summed E-state index contributed by atoms with van der Waals surface area (Å²) in [7, 11) is 0. The molecule has 0 radical (unpaired) electrons. The van der Waals surface area contributed by atoms with Crippen LogP contribution in [0.5, 0.6) is 11.5 Å². The van der Waals surface area contributed by atoms with E-state index in [1.807, 2.05) is 26.0 Å². The van der Waals surface area contributed by atoms with E-state index in [0.29, 0.717) is 16.3 Å². The molecule has 0 saturated carbocycles. The SMILES string of the molecule is CC(=O)c1ccc(Oc2cc(C)cc(C)c2)c(Cl)c1. The maximum Gasteiger partial charge on any atom is 0.159 e. The molecule has 2 nitrogen and oxygen atoms in total. The molecular formula is C16H15ClO2. The van der Waals surface area contributed by atoms with Gasteiger partial charge < -0.3 is 4.74 Å². The van der Waals surface area contributed by atoms with Crippen molar-refractivity contribution in [2.24, 2.45) is 0 Å². The molecular weight excluding hydrogens is 260 g/mol. The van der Waals surface area contributed by atoms with Gasteiger partial charge in [-0.3, -0.25) is 4.79 Å². The summed E-state index contributed by atoms with van der Waals surface area (Å²) < 4.78 is 5.76. The number of aryl methyl sites for hydroxylation is 2. The molecule has 2 aromatic carbocycles. The van der Waals surface area contributed by atoms with Crippen LogP contribution in [0.1, 0.15) is 28.4 Å². The summed E-state index contributed by atoms with van der Waals surface area (Å²) in [4.78, 5) is 11.3. The normalized spacial score (nSPS) is 10.3. The fourth-order valence-electron chi connectivity index (χ4n) is 1.92. The summed E-state index contributed by atoms with van der Waals surface area (Å²) in [5.74, 6) is 1.28. The Morgan fingerprint density at radius 3 is 2.21 bits per heavy atom. The number of ether oxygens (including phenoxy) is 1. The molecule has 3 heteroatoms. The number of rotatable bonds is 3. The smallest absolute Gasteiger partial charge is 0.159 e. The number of benzene rings is 2. The average molecular weight is 275 g/mol. The van der Waals surface area contributed by atoms with Crippen molar-refractivity contribution in [1.82, 2.24) is 0 Å². The Bertz CT molecular complexity index is 612. The van der Waals surface area contributed by atoms with Gasteiger partial charge >= 0.3 is 0 Å². The van der Waals surface area contributed by atoms with Crippen molar-refractivity contribution in [3.63, 3.8) is 0 Å². The Morgan fingerprint density at radius 2 is 1.68 bits per heavy atom. The van der Waals surface area contributed by atoms with E-state index in [4.69, 9.17) is 16.3 Å². The number of carbonyl (C=O) groups excluding carboxylic acids is 1. The summed E-state index contributed by atoms with van der Waals surface area (Å²) >= 11 is 6.13. The zero-order chi connectivity index (χ0) is 14.0. The first kappa shape index (κ1) is 13.6. The van der Waals surface area contributed by atoms with Crippen molar-refractivity contribution in [3.05, 3.63) is 58.1 Å². The van der Waals surface area contributed by atoms with E-state index >= 15 is 0 Å². The van der Waals surface area contributed by atoms with Gasteiger partial charge in [-0.05, 0) is 62.2 Å². The Balaban J connectivity index is 2.30. The number of hydrogen-bond acceptors (Lipinski definition) is 2. The number of halogens is 1. The summed E-state index contributed by atoms with van der Waals surface area (Å²) in [5, 5.41) is 0.437. The molecule has 0 fully saturated rings. The first-order valence-electron chi connectivity index (χ1n) is 6.02. The molecule has 0 aliphatic carbocycles. The van der Waals surface area contributed by atoms with E-state index < -0.39 is 0 Å². The van der Waals surface area contributed by atoms with Gasteiger partial charge in [-0.25, -0.2) is 0 Å². The fraction of sp³-hybridized carbons (Fsp3) is 0.188. The van der Waals surface area contributed by atoms with Crippen LogP contribution in [0.15, 0.2) is 36.4 Å². The standard InChI is InChI=1S/C16H15ClO2/c1-10-6-11(2)8-14(7-10)19-16-5-4-13(12(3)18)9-15(16)17/h4-9H,1-3H3. The number of Topliss-reactive ketones (excluding diaryl/α,β-unsaturated/α-hetero) is 1. The minimum Gasteiger partial charge on any atom is -0.456 e. The van der Waals surface area contributed by atoms with Gasteiger partial charge in [0.1, 0.15) is 11.5 Å². The van der Waals surface area contributed by atoms with Gasteiger partial charge in [-0.2, -0.15) is 0 Å². The Hall–Kier alpha value is -1.80. The zero-order valence-corrected chi connectivity index (χ0v) is 11.9. The maximum absolute atomic E-state index is 11.3. The molecule has 0 heterocycles. The summed E-state index contributed by atoms with van der Waals surface area (Å²) in [6.45, 7) is 5.54. The van der Waals surface area contributed by atoms with Crippen molar-refractivity contribution in [2.75, 3.05) is 0 Å². The van der Waals surface area contributed by atoms with Gasteiger partial charge in [-0.1, -0.05) is 17.7 Å². The molecule has 0 aliphatic heterocycles.